The van der Waals surface area contributed by atoms with Gasteiger partial charge in [0.2, 0.25) is 0 Å². The third kappa shape index (κ3) is 2.36. The quantitative estimate of drug-likeness (QED) is 0.710. The lowest BCUT2D eigenvalue weighted by Crippen LogP contribution is -2.23. The molecule has 0 amide bonds. The van der Waals surface area contributed by atoms with Crippen LogP contribution in [0.4, 0.5) is 5.82 Å². The predicted molar refractivity (Wildman–Crippen MR) is 98.2 cm³/mol. The lowest BCUT2D eigenvalue weighted by molar-refractivity contribution is 0.505. The fourth-order valence-corrected chi connectivity index (χ4v) is 4.66. The van der Waals surface area contributed by atoms with Crippen molar-refractivity contribution in [1.29, 1.82) is 0 Å². The van der Waals surface area contributed by atoms with Crippen molar-refractivity contribution in [1.82, 2.24) is 14.5 Å². The molecule has 0 bridgehead atoms. The van der Waals surface area contributed by atoms with Crippen LogP contribution in [0.15, 0.2) is 22.7 Å². The first kappa shape index (κ1) is 15.0. The number of nitrogens with zero attached hydrogens (tertiary/aromatic N) is 4. The minimum absolute atomic E-state index is 0.499. The van der Waals surface area contributed by atoms with Crippen LogP contribution < -0.4 is 4.90 Å². The van der Waals surface area contributed by atoms with Gasteiger partial charge in [-0.1, -0.05) is 0 Å². The molecule has 0 aromatic carbocycles. The van der Waals surface area contributed by atoms with Crippen LogP contribution in [0.5, 0.6) is 0 Å². The summed E-state index contributed by atoms with van der Waals surface area (Å²) in [5.41, 5.74) is 3.76. The molecule has 130 valence electrons. The molecule has 25 heavy (non-hydrogen) atoms. The summed E-state index contributed by atoms with van der Waals surface area (Å²) in [7, 11) is 0. The predicted octanol–water partition coefficient (Wildman–Crippen LogP) is 3.97. The highest BCUT2D eigenvalue weighted by Crippen LogP contribution is 2.34. The van der Waals surface area contributed by atoms with E-state index in [1.54, 1.807) is 0 Å². The molecule has 0 spiro atoms. The normalized spacial score (nSPS) is 20.4. The van der Waals surface area contributed by atoms with E-state index in [9.17, 15) is 0 Å². The fraction of sp³-hybridized carbons (Fsp3) is 0.500. The number of imidazole rings is 1. The van der Waals surface area contributed by atoms with Gasteiger partial charge < -0.3 is 13.9 Å². The van der Waals surface area contributed by atoms with Gasteiger partial charge in [0.05, 0.1) is 17.1 Å². The van der Waals surface area contributed by atoms with Crippen molar-refractivity contribution in [2.45, 2.75) is 52.0 Å². The third-order valence-electron chi connectivity index (χ3n) is 5.72. The van der Waals surface area contributed by atoms with E-state index in [0.29, 0.717) is 6.04 Å². The monoisotopic (exact) mass is 336 g/mol. The van der Waals surface area contributed by atoms with Crippen molar-refractivity contribution >= 4 is 16.8 Å². The third-order valence-corrected chi connectivity index (χ3v) is 5.72. The topological polar surface area (TPSA) is 47.1 Å². The van der Waals surface area contributed by atoms with Crippen molar-refractivity contribution in [3.8, 4) is 0 Å². The van der Waals surface area contributed by atoms with Gasteiger partial charge in [-0.25, -0.2) is 9.97 Å². The molecular formula is C20H24N4O. The van der Waals surface area contributed by atoms with Gasteiger partial charge in [0.25, 0.3) is 0 Å². The Bertz CT molecular complexity index is 939. The zero-order valence-corrected chi connectivity index (χ0v) is 15.0. The summed E-state index contributed by atoms with van der Waals surface area (Å²) in [6.45, 7) is 6.20. The van der Waals surface area contributed by atoms with Gasteiger partial charge in [-0.3, -0.25) is 0 Å². The van der Waals surface area contributed by atoms with Crippen LogP contribution in [0.1, 0.15) is 48.3 Å². The number of hydrogen-bond donors (Lipinski definition) is 0. The number of fused-ring (bicyclic) bond motifs is 2. The molecule has 4 heterocycles. The summed E-state index contributed by atoms with van der Waals surface area (Å²) in [6.07, 6.45) is 7.92. The summed E-state index contributed by atoms with van der Waals surface area (Å²) in [4.78, 5) is 11.9. The molecule has 1 saturated heterocycles. The van der Waals surface area contributed by atoms with Crippen molar-refractivity contribution in [2.24, 2.45) is 0 Å². The second-order valence-electron chi connectivity index (χ2n) is 7.42. The number of rotatable bonds is 2. The van der Waals surface area contributed by atoms with E-state index in [1.807, 2.05) is 19.2 Å². The van der Waals surface area contributed by atoms with Crippen LogP contribution in [0.3, 0.4) is 0 Å². The van der Waals surface area contributed by atoms with E-state index in [1.165, 1.54) is 36.5 Å². The SMILES string of the molecule is Cc1cc2c(N3CC[C@@H](n4c(C)nc5c4CCCC5)C3)nccc2o1. The lowest BCUT2D eigenvalue weighted by Gasteiger charge is -2.22. The van der Waals surface area contributed by atoms with Gasteiger partial charge in [0, 0.05) is 25.0 Å². The minimum atomic E-state index is 0.499. The molecular weight excluding hydrogens is 312 g/mol. The molecule has 1 atom stereocenters. The zero-order chi connectivity index (χ0) is 17.0. The van der Waals surface area contributed by atoms with E-state index >= 15 is 0 Å². The Balaban J connectivity index is 1.48. The van der Waals surface area contributed by atoms with Crippen molar-refractivity contribution < 1.29 is 4.42 Å². The molecule has 0 saturated carbocycles. The summed E-state index contributed by atoms with van der Waals surface area (Å²) in [5, 5.41) is 1.13. The van der Waals surface area contributed by atoms with Gasteiger partial charge in [0.15, 0.2) is 0 Å². The van der Waals surface area contributed by atoms with Crippen LogP contribution in [0, 0.1) is 13.8 Å². The van der Waals surface area contributed by atoms with Gasteiger partial charge in [-0.2, -0.15) is 0 Å². The number of aromatic nitrogens is 3. The molecule has 3 aromatic rings. The van der Waals surface area contributed by atoms with Gasteiger partial charge in [0.1, 0.15) is 23.0 Å². The smallest absolute Gasteiger partial charge is 0.139 e. The number of pyridine rings is 1. The molecule has 5 nitrogen and oxygen atoms in total. The Morgan fingerprint density at radius 3 is 3.00 bits per heavy atom. The molecule has 1 aliphatic heterocycles. The molecule has 1 fully saturated rings. The van der Waals surface area contributed by atoms with E-state index in [0.717, 1.165) is 48.5 Å². The molecule has 1 aliphatic carbocycles. The Kier molecular flexibility index (Phi) is 3.37. The highest BCUT2D eigenvalue weighted by atomic mass is 16.3. The Morgan fingerprint density at radius 2 is 2.08 bits per heavy atom. The second-order valence-corrected chi connectivity index (χ2v) is 7.42. The number of furan rings is 1. The standard InChI is InChI=1S/C20H24N4O/c1-13-11-16-19(25-13)7-9-21-20(16)23-10-8-15(12-23)24-14(2)22-17-5-3-4-6-18(17)24/h7,9,11,15H,3-6,8,10,12H2,1-2H3/t15-/m1/s1. The number of anilines is 1. The molecule has 0 unspecified atom stereocenters. The molecule has 3 aromatic heterocycles. The van der Waals surface area contributed by atoms with E-state index in [4.69, 9.17) is 9.40 Å². The first-order valence-electron chi connectivity index (χ1n) is 9.37. The van der Waals surface area contributed by atoms with Gasteiger partial charge >= 0.3 is 0 Å². The number of hydrogen-bond acceptors (Lipinski definition) is 4. The summed E-state index contributed by atoms with van der Waals surface area (Å²) >= 11 is 0. The van der Waals surface area contributed by atoms with Crippen LogP contribution in [-0.2, 0) is 12.8 Å². The maximum atomic E-state index is 5.78. The molecule has 2 aliphatic rings. The fourth-order valence-electron chi connectivity index (χ4n) is 4.66. The van der Waals surface area contributed by atoms with Crippen LogP contribution in [0.2, 0.25) is 0 Å². The Labute approximate surface area is 147 Å². The summed E-state index contributed by atoms with van der Waals surface area (Å²) < 4.78 is 8.30. The van der Waals surface area contributed by atoms with E-state index < -0.39 is 0 Å². The summed E-state index contributed by atoms with van der Waals surface area (Å²) in [5.74, 6) is 3.19. The van der Waals surface area contributed by atoms with E-state index in [-0.39, 0.29) is 0 Å². The average molecular weight is 336 g/mol. The first-order valence-corrected chi connectivity index (χ1v) is 9.37. The molecule has 5 heteroatoms. The second kappa shape index (κ2) is 5.61. The molecule has 5 rings (SSSR count). The van der Waals surface area contributed by atoms with Crippen molar-refractivity contribution in [3.05, 3.63) is 41.3 Å². The van der Waals surface area contributed by atoms with Gasteiger partial charge in [-0.05, 0) is 58.1 Å². The van der Waals surface area contributed by atoms with Crippen LogP contribution >= 0.6 is 0 Å². The summed E-state index contributed by atoms with van der Waals surface area (Å²) in [6, 6.07) is 4.56. The Hall–Kier alpha value is -2.30. The van der Waals surface area contributed by atoms with Crippen LogP contribution in [0.25, 0.3) is 11.0 Å². The lowest BCUT2D eigenvalue weighted by atomic mass is 10.0. The zero-order valence-electron chi connectivity index (χ0n) is 15.0. The average Bonchev–Trinajstić information content (AvgIpc) is 3.28. The minimum Gasteiger partial charge on any atom is -0.461 e. The van der Waals surface area contributed by atoms with Gasteiger partial charge in [-0.15, -0.1) is 0 Å². The first-order chi connectivity index (χ1) is 12.2. The maximum Gasteiger partial charge on any atom is 0.139 e. The van der Waals surface area contributed by atoms with Crippen LogP contribution in [-0.4, -0.2) is 27.6 Å². The maximum absolute atomic E-state index is 5.78. The van der Waals surface area contributed by atoms with E-state index in [2.05, 4.69) is 27.4 Å². The molecule has 0 N–H and O–H groups in total. The largest absolute Gasteiger partial charge is 0.461 e. The highest BCUT2D eigenvalue weighted by Gasteiger charge is 2.30. The number of aryl methyl sites for hydroxylation is 3. The highest BCUT2D eigenvalue weighted by molar-refractivity contribution is 5.89. The van der Waals surface area contributed by atoms with Crippen molar-refractivity contribution in [3.63, 3.8) is 0 Å². The molecule has 0 radical (unpaired) electrons. The van der Waals surface area contributed by atoms with Crippen molar-refractivity contribution in [2.75, 3.05) is 18.0 Å². The Morgan fingerprint density at radius 1 is 1.20 bits per heavy atom.